The van der Waals surface area contributed by atoms with Gasteiger partial charge in [0.15, 0.2) is 17.3 Å². The first kappa shape index (κ1) is 21.2. The summed E-state index contributed by atoms with van der Waals surface area (Å²) in [5, 5.41) is 14.4. The standard InChI is InChI=1S/C20H23N3O7/c1-12-6-9-30-18(12)19(24)21-13-4-7-22(8-5-13)20(25)14-10-16(28-2)17(29-3)11-15(14)23(26)27/h6,9-11,13H,4-5,7-8H2,1-3H3,(H,21,24). The minimum absolute atomic E-state index is 0.0636. The maximum Gasteiger partial charge on any atom is 0.287 e. The van der Waals surface area contributed by atoms with Gasteiger partial charge in [-0.1, -0.05) is 0 Å². The van der Waals surface area contributed by atoms with Crippen LogP contribution in [0.25, 0.3) is 0 Å². The van der Waals surface area contributed by atoms with Gasteiger partial charge in [0, 0.05) is 30.8 Å². The molecule has 0 spiro atoms. The highest BCUT2D eigenvalue weighted by molar-refractivity contribution is 5.99. The molecule has 1 fully saturated rings. The summed E-state index contributed by atoms with van der Waals surface area (Å²) >= 11 is 0. The van der Waals surface area contributed by atoms with Crippen LogP contribution in [0.15, 0.2) is 28.9 Å². The van der Waals surface area contributed by atoms with Gasteiger partial charge in [0.1, 0.15) is 5.56 Å². The summed E-state index contributed by atoms with van der Waals surface area (Å²) in [5.41, 5.74) is 0.341. The molecule has 10 heteroatoms. The molecule has 2 heterocycles. The van der Waals surface area contributed by atoms with Crippen molar-refractivity contribution >= 4 is 17.5 Å². The highest BCUT2D eigenvalue weighted by Crippen LogP contribution is 2.35. The first-order valence-electron chi connectivity index (χ1n) is 9.40. The molecule has 0 aliphatic carbocycles. The number of carbonyl (C=O) groups is 2. The van der Waals surface area contributed by atoms with Crippen LogP contribution in [0.4, 0.5) is 5.69 Å². The molecule has 1 aromatic heterocycles. The molecule has 0 unspecified atom stereocenters. The number of benzene rings is 1. The largest absolute Gasteiger partial charge is 0.493 e. The predicted molar refractivity (Wildman–Crippen MR) is 106 cm³/mol. The SMILES string of the molecule is COc1cc(C(=O)N2CCC(NC(=O)c3occc3C)CC2)c([N+](=O)[O-])cc1OC. The number of piperidine rings is 1. The highest BCUT2D eigenvalue weighted by atomic mass is 16.6. The molecule has 1 aromatic carbocycles. The molecule has 0 saturated carbocycles. The van der Waals surface area contributed by atoms with Crippen molar-refractivity contribution in [3.05, 3.63) is 51.5 Å². The van der Waals surface area contributed by atoms with E-state index in [1.54, 1.807) is 13.0 Å². The minimum atomic E-state index is -0.617. The molecule has 0 atom stereocenters. The van der Waals surface area contributed by atoms with Gasteiger partial charge in [0.2, 0.25) is 0 Å². The Labute approximate surface area is 172 Å². The van der Waals surface area contributed by atoms with Crippen LogP contribution in [0.1, 0.15) is 39.3 Å². The van der Waals surface area contributed by atoms with Crippen LogP contribution < -0.4 is 14.8 Å². The van der Waals surface area contributed by atoms with E-state index in [1.807, 2.05) is 0 Å². The number of methoxy groups -OCH3 is 2. The molecule has 1 aliphatic heterocycles. The zero-order chi connectivity index (χ0) is 21.8. The molecular formula is C20H23N3O7. The van der Waals surface area contributed by atoms with Gasteiger partial charge in [-0.05, 0) is 25.8 Å². The van der Waals surface area contributed by atoms with E-state index < -0.39 is 10.8 Å². The van der Waals surface area contributed by atoms with Crippen LogP contribution in [-0.2, 0) is 0 Å². The average molecular weight is 417 g/mol. The van der Waals surface area contributed by atoms with Crippen molar-refractivity contribution in [2.45, 2.75) is 25.8 Å². The number of rotatable bonds is 6. The number of aryl methyl sites for hydroxylation is 1. The van der Waals surface area contributed by atoms with Crippen LogP contribution in [-0.4, -0.2) is 55.0 Å². The normalized spacial score (nSPS) is 14.3. The van der Waals surface area contributed by atoms with E-state index in [4.69, 9.17) is 13.9 Å². The first-order chi connectivity index (χ1) is 14.3. The second-order valence-electron chi connectivity index (χ2n) is 6.95. The van der Waals surface area contributed by atoms with Crippen LogP contribution >= 0.6 is 0 Å². The Balaban J connectivity index is 1.70. The van der Waals surface area contributed by atoms with Gasteiger partial charge < -0.3 is 24.1 Å². The average Bonchev–Trinajstić information content (AvgIpc) is 3.18. The third-order valence-electron chi connectivity index (χ3n) is 5.11. The van der Waals surface area contributed by atoms with Crippen molar-refractivity contribution in [3.63, 3.8) is 0 Å². The molecule has 160 valence electrons. The van der Waals surface area contributed by atoms with Gasteiger partial charge >= 0.3 is 0 Å². The van der Waals surface area contributed by atoms with Gasteiger partial charge in [-0.15, -0.1) is 0 Å². The third kappa shape index (κ3) is 4.22. The first-order valence-corrected chi connectivity index (χ1v) is 9.40. The fraction of sp³-hybridized carbons (Fsp3) is 0.400. The fourth-order valence-corrected chi connectivity index (χ4v) is 3.44. The van der Waals surface area contributed by atoms with E-state index >= 15 is 0 Å². The monoisotopic (exact) mass is 417 g/mol. The summed E-state index contributed by atoms with van der Waals surface area (Å²) in [6, 6.07) is 4.11. The lowest BCUT2D eigenvalue weighted by Crippen LogP contribution is -2.46. The minimum Gasteiger partial charge on any atom is -0.493 e. The Bertz CT molecular complexity index is 961. The predicted octanol–water partition coefficient (Wildman–Crippen LogP) is 2.55. The Hall–Kier alpha value is -3.56. The maximum absolute atomic E-state index is 13.0. The lowest BCUT2D eigenvalue weighted by Gasteiger charge is -2.32. The fourth-order valence-electron chi connectivity index (χ4n) is 3.44. The van der Waals surface area contributed by atoms with Crippen molar-refractivity contribution in [1.82, 2.24) is 10.2 Å². The zero-order valence-corrected chi connectivity index (χ0v) is 17.0. The Kier molecular flexibility index (Phi) is 6.24. The van der Waals surface area contributed by atoms with Crippen LogP contribution in [0.2, 0.25) is 0 Å². The van der Waals surface area contributed by atoms with E-state index in [0.717, 1.165) is 5.56 Å². The van der Waals surface area contributed by atoms with Crippen molar-refractivity contribution in [2.24, 2.45) is 0 Å². The van der Waals surface area contributed by atoms with E-state index in [1.165, 1.54) is 37.5 Å². The number of ether oxygens (including phenoxy) is 2. The molecule has 1 saturated heterocycles. The Morgan fingerprint density at radius 2 is 1.83 bits per heavy atom. The summed E-state index contributed by atoms with van der Waals surface area (Å²) in [6.45, 7) is 2.49. The van der Waals surface area contributed by atoms with Crippen molar-refractivity contribution in [1.29, 1.82) is 0 Å². The zero-order valence-electron chi connectivity index (χ0n) is 17.0. The number of hydrogen-bond acceptors (Lipinski definition) is 7. The van der Waals surface area contributed by atoms with E-state index in [0.29, 0.717) is 25.9 Å². The maximum atomic E-state index is 13.0. The molecule has 0 radical (unpaired) electrons. The number of nitro groups is 1. The van der Waals surface area contributed by atoms with Crippen molar-refractivity contribution < 1.29 is 28.4 Å². The number of furan rings is 1. The van der Waals surface area contributed by atoms with Gasteiger partial charge in [-0.25, -0.2) is 0 Å². The van der Waals surface area contributed by atoms with Crippen LogP contribution in [0, 0.1) is 17.0 Å². The molecule has 30 heavy (non-hydrogen) atoms. The van der Waals surface area contributed by atoms with Gasteiger partial charge in [-0.2, -0.15) is 0 Å². The number of amides is 2. The van der Waals surface area contributed by atoms with E-state index in [9.17, 15) is 19.7 Å². The summed E-state index contributed by atoms with van der Waals surface area (Å²) in [7, 11) is 2.76. The van der Waals surface area contributed by atoms with Crippen molar-refractivity contribution in [2.75, 3.05) is 27.3 Å². The second-order valence-corrected chi connectivity index (χ2v) is 6.95. The number of likely N-dealkylation sites (tertiary alicyclic amines) is 1. The second kappa shape index (κ2) is 8.85. The number of carbonyl (C=O) groups excluding carboxylic acids is 2. The molecular weight excluding hydrogens is 394 g/mol. The molecule has 2 amide bonds. The lowest BCUT2D eigenvalue weighted by atomic mass is 10.0. The summed E-state index contributed by atoms with van der Waals surface area (Å²) in [4.78, 5) is 37.7. The quantitative estimate of drug-likeness (QED) is 0.566. The Morgan fingerprint density at radius 1 is 1.20 bits per heavy atom. The molecule has 3 rings (SSSR count). The molecule has 1 N–H and O–H groups in total. The van der Waals surface area contributed by atoms with E-state index in [2.05, 4.69) is 5.32 Å². The van der Waals surface area contributed by atoms with Gasteiger partial charge in [0.05, 0.1) is 31.5 Å². The Morgan fingerprint density at radius 3 is 2.37 bits per heavy atom. The number of nitrogens with zero attached hydrogens (tertiary/aromatic N) is 2. The van der Waals surface area contributed by atoms with Gasteiger partial charge in [0.25, 0.3) is 17.5 Å². The molecule has 0 bridgehead atoms. The molecule has 2 aromatic rings. The lowest BCUT2D eigenvalue weighted by molar-refractivity contribution is -0.385. The van der Waals surface area contributed by atoms with Gasteiger partial charge in [-0.3, -0.25) is 19.7 Å². The smallest absolute Gasteiger partial charge is 0.287 e. The summed E-state index contributed by atoms with van der Waals surface area (Å²) in [6.07, 6.45) is 2.51. The third-order valence-corrected chi connectivity index (χ3v) is 5.11. The number of hydrogen-bond donors (Lipinski definition) is 1. The summed E-state index contributed by atoms with van der Waals surface area (Å²) < 4.78 is 15.5. The number of nitro benzene ring substituents is 1. The van der Waals surface area contributed by atoms with Crippen LogP contribution in [0.5, 0.6) is 11.5 Å². The van der Waals surface area contributed by atoms with E-state index in [-0.39, 0.29) is 40.5 Å². The highest BCUT2D eigenvalue weighted by Gasteiger charge is 2.31. The number of nitrogens with one attached hydrogen (secondary N) is 1. The summed E-state index contributed by atoms with van der Waals surface area (Å²) in [5.74, 6) is -0.0700. The van der Waals surface area contributed by atoms with Crippen molar-refractivity contribution in [3.8, 4) is 11.5 Å². The topological polar surface area (TPSA) is 124 Å². The molecule has 10 nitrogen and oxygen atoms in total. The van der Waals surface area contributed by atoms with Crippen LogP contribution in [0.3, 0.4) is 0 Å². The molecule has 1 aliphatic rings.